The van der Waals surface area contributed by atoms with E-state index in [2.05, 4.69) is 15.6 Å². The fourth-order valence-electron chi connectivity index (χ4n) is 2.66. The molecule has 0 amide bonds. The van der Waals surface area contributed by atoms with Gasteiger partial charge < -0.3 is 25.2 Å². The molecule has 2 heterocycles. The van der Waals surface area contributed by atoms with Gasteiger partial charge in [0.05, 0.1) is 6.54 Å². The summed E-state index contributed by atoms with van der Waals surface area (Å²) in [6.45, 7) is 5.88. The largest absolute Gasteiger partial charge is 0.454 e. The van der Waals surface area contributed by atoms with Gasteiger partial charge in [0.15, 0.2) is 17.5 Å². The molecular weight excluding hydrogens is 477 g/mol. The first kappa shape index (κ1) is 21.8. The molecular formula is C19H26IN3O3S. The van der Waals surface area contributed by atoms with Crippen LogP contribution in [0.5, 0.6) is 11.5 Å². The minimum atomic E-state index is -0.973. The lowest BCUT2D eigenvalue weighted by Gasteiger charge is -2.21. The van der Waals surface area contributed by atoms with Crippen LogP contribution in [-0.2, 0) is 12.0 Å². The monoisotopic (exact) mass is 503 g/mol. The zero-order chi connectivity index (χ0) is 18.4. The van der Waals surface area contributed by atoms with E-state index in [4.69, 9.17) is 9.47 Å². The third-order valence-electron chi connectivity index (χ3n) is 4.18. The molecule has 0 saturated heterocycles. The predicted molar refractivity (Wildman–Crippen MR) is 120 cm³/mol. The average molecular weight is 503 g/mol. The molecule has 148 valence electrons. The van der Waals surface area contributed by atoms with Crippen LogP contribution in [0.4, 0.5) is 0 Å². The minimum Gasteiger partial charge on any atom is -0.454 e. The van der Waals surface area contributed by atoms with Crippen LogP contribution in [-0.4, -0.2) is 37.5 Å². The molecule has 1 aromatic carbocycles. The van der Waals surface area contributed by atoms with Crippen molar-refractivity contribution in [1.82, 2.24) is 10.6 Å². The normalized spacial score (nSPS) is 15.0. The maximum absolute atomic E-state index is 10.6. The highest BCUT2D eigenvalue weighted by Crippen LogP contribution is 2.32. The molecule has 2 aromatic rings. The number of aliphatic imine (C=N–C) groups is 1. The second-order valence-corrected chi connectivity index (χ2v) is 7.13. The van der Waals surface area contributed by atoms with Crippen molar-refractivity contribution in [2.45, 2.75) is 25.9 Å². The van der Waals surface area contributed by atoms with Crippen molar-refractivity contribution in [2.24, 2.45) is 4.99 Å². The van der Waals surface area contributed by atoms with Gasteiger partial charge in [-0.05, 0) is 60.4 Å². The first-order valence-electron chi connectivity index (χ1n) is 8.74. The van der Waals surface area contributed by atoms with Gasteiger partial charge in [-0.2, -0.15) is 11.3 Å². The first-order valence-corrected chi connectivity index (χ1v) is 9.68. The van der Waals surface area contributed by atoms with E-state index in [-0.39, 0.29) is 30.8 Å². The summed E-state index contributed by atoms with van der Waals surface area (Å²) in [7, 11) is 0. The average Bonchev–Trinajstić information content (AvgIpc) is 3.31. The number of fused-ring (bicyclic) bond motifs is 1. The molecule has 0 aliphatic carbocycles. The Morgan fingerprint density at radius 2 is 2.07 bits per heavy atom. The van der Waals surface area contributed by atoms with Crippen LogP contribution in [0.2, 0.25) is 0 Å². The third kappa shape index (κ3) is 5.98. The van der Waals surface area contributed by atoms with Gasteiger partial charge in [0.1, 0.15) is 5.60 Å². The summed E-state index contributed by atoms with van der Waals surface area (Å²) >= 11 is 1.57. The van der Waals surface area contributed by atoms with Gasteiger partial charge in [-0.25, -0.2) is 4.99 Å². The number of rotatable bonds is 7. The highest BCUT2D eigenvalue weighted by molar-refractivity contribution is 14.0. The summed E-state index contributed by atoms with van der Waals surface area (Å²) in [5.41, 5.74) is 1.09. The summed E-state index contributed by atoms with van der Waals surface area (Å²) in [6.07, 6.45) is 0.835. The smallest absolute Gasteiger partial charge is 0.231 e. The Labute approximate surface area is 181 Å². The van der Waals surface area contributed by atoms with E-state index in [9.17, 15) is 5.11 Å². The van der Waals surface area contributed by atoms with E-state index in [0.717, 1.165) is 36.6 Å². The second kappa shape index (κ2) is 10.1. The first-order chi connectivity index (χ1) is 12.6. The fourth-order valence-corrected chi connectivity index (χ4v) is 3.44. The highest BCUT2D eigenvalue weighted by atomic mass is 127. The quantitative estimate of drug-likeness (QED) is 0.308. The molecule has 1 atom stereocenters. The SMILES string of the molecule is CCNC(=NCC(C)(O)c1ccsc1)NCCc1ccc2c(c1)OCO2.I. The summed E-state index contributed by atoms with van der Waals surface area (Å²) in [5, 5.41) is 21.0. The zero-order valence-corrected chi connectivity index (χ0v) is 18.7. The van der Waals surface area contributed by atoms with E-state index in [1.54, 1.807) is 18.3 Å². The number of halogens is 1. The van der Waals surface area contributed by atoms with Crippen molar-refractivity contribution in [3.05, 3.63) is 46.2 Å². The van der Waals surface area contributed by atoms with Gasteiger partial charge in [-0.1, -0.05) is 6.07 Å². The lowest BCUT2D eigenvalue weighted by Crippen LogP contribution is -2.39. The number of thiophene rings is 1. The maximum atomic E-state index is 10.6. The number of nitrogens with zero attached hydrogens (tertiary/aromatic N) is 1. The van der Waals surface area contributed by atoms with Crippen LogP contribution >= 0.6 is 35.3 Å². The third-order valence-corrected chi connectivity index (χ3v) is 4.86. The molecule has 0 fully saturated rings. The summed E-state index contributed by atoms with van der Waals surface area (Å²) in [6, 6.07) is 7.92. The van der Waals surface area contributed by atoms with Gasteiger partial charge in [-0.15, -0.1) is 24.0 Å². The number of hydrogen-bond donors (Lipinski definition) is 3. The predicted octanol–water partition coefficient (Wildman–Crippen LogP) is 3.10. The molecule has 1 aromatic heterocycles. The standard InChI is InChI=1S/C19H25N3O3S.HI/c1-3-20-18(22-12-19(2,23)15-7-9-26-11-15)21-8-6-14-4-5-16-17(10-14)25-13-24-16;/h4-5,7,9-11,23H,3,6,8,12-13H2,1-2H3,(H2,20,21,22);1H. The number of ether oxygens (including phenoxy) is 2. The van der Waals surface area contributed by atoms with Crippen molar-refractivity contribution in [2.75, 3.05) is 26.4 Å². The number of aliphatic hydroxyl groups is 1. The van der Waals surface area contributed by atoms with Gasteiger partial charge in [-0.3, -0.25) is 0 Å². The molecule has 1 aliphatic rings. The molecule has 3 rings (SSSR count). The molecule has 6 nitrogen and oxygen atoms in total. The molecule has 0 saturated carbocycles. The maximum Gasteiger partial charge on any atom is 0.231 e. The van der Waals surface area contributed by atoms with Crippen molar-refractivity contribution >= 4 is 41.3 Å². The van der Waals surface area contributed by atoms with Crippen LogP contribution < -0.4 is 20.1 Å². The molecule has 0 spiro atoms. The van der Waals surface area contributed by atoms with Gasteiger partial charge in [0.2, 0.25) is 6.79 Å². The zero-order valence-electron chi connectivity index (χ0n) is 15.5. The molecule has 27 heavy (non-hydrogen) atoms. The van der Waals surface area contributed by atoms with Crippen molar-refractivity contribution in [3.63, 3.8) is 0 Å². The summed E-state index contributed by atoms with van der Waals surface area (Å²) < 4.78 is 10.7. The summed E-state index contributed by atoms with van der Waals surface area (Å²) in [4.78, 5) is 4.53. The number of benzene rings is 1. The highest BCUT2D eigenvalue weighted by Gasteiger charge is 2.23. The molecule has 3 N–H and O–H groups in total. The van der Waals surface area contributed by atoms with E-state index < -0.39 is 5.60 Å². The Morgan fingerprint density at radius 1 is 1.26 bits per heavy atom. The Bertz CT molecular complexity index is 751. The lowest BCUT2D eigenvalue weighted by molar-refractivity contribution is 0.0677. The number of guanidine groups is 1. The van der Waals surface area contributed by atoms with Crippen LogP contribution in [0.3, 0.4) is 0 Å². The van der Waals surface area contributed by atoms with E-state index in [1.165, 1.54) is 5.56 Å². The molecule has 0 bridgehead atoms. The van der Waals surface area contributed by atoms with E-state index in [0.29, 0.717) is 12.5 Å². The van der Waals surface area contributed by atoms with Crippen molar-refractivity contribution in [3.8, 4) is 11.5 Å². The second-order valence-electron chi connectivity index (χ2n) is 6.35. The minimum absolute atomic E-state index is 0. The van der Waals surface area contributed by atoms with Crippen LogP contribution in [0.25, 0.3) is 0 Å². The molecule has 0 radical (unpaired) electrons. The molecule has 1 unspecified atom stereocenters. The number of hydrogen-bond acceptors (Lipinski definition) is 5. The van der Waals surface area contributed by atoms with Gasteiger partial charge in [0.25, 0.3) is 0 Å². The van der Waals surface area contributed by atoms with Crippen molar-refractivity contribution in [1.29, 1.82) is 0 Å². The fraction of sp³-hybridized carbons (Fsp3) is 0.421. The molecule has 1 aliphatic heterocycles. The Kier molecular flexibility index (Phi) is 8.18. The van der Waals surface area contributed by atoms with Gasteiger partial charge in [0, 0.05) is 13.1 Å². The Balaban J connectivity index is 0.00000261. The van der Waals surface area contributed by atoms with E-state index in [1.807, 2.05) is 41.9 Å². The molecule has 8 heteroatoms. The summed E-state index contributed by atoms with van der Waals surface area (Å²) in [5.74, 6) is 2.30. The lowest BCUT2D eigenvalue weighted by atomic mass is 10.00. The van der Waals surface area contributed by atoms with Crippen LogP contribution in [0.1, 0.15) is 25.0 Å². The van der Waals surface area contributed by atoms with Gasteiger partial charge >= 0.3 is 0 Å². The van der Waals surface area contributed by atoms with E-state index >= 15 is 0 Å². The van der Waals surface area contributed by atoms with Crippen LogP contribution in [0, 0.1) is 0 Å². The van der Waals surface area contributed by atoms with Crippen LogP contribution in [0.15, 0.2) is 40.0 Å². The number of nitrogens with one attached hydrogen (secondary N) is 2. The van der Waals surface area contributed by atoms with Crippen molar-refractivity contribution < 1.29 is 14.6 Å². The Morgan fingerprint density at radius 3 is 2.81 bits per heavy atom. The topological polar surface area (TPSA) is 75.1 Å². The Hall–Kier alpha value is -1.52.